The van der Waals surface area contributed by atoms with Gasteiger partial charge in [-0.1, -0.05) is 97.1 Å². The van der Waals surface area contributed by atoms with Gasteiger partial charge in [0.05, 0.1) is 20.6 Å². The minimum atomic E-state index is -4.27. The first-order chi connectivity index (χ1) is 24.2. The zero-order valence-electron chi connectivity index (χ0n) is 27.5. The lowest BCUT2D eigenvalue weighted by Gasteiger charge is -2.35. The Morgan fingerprint density at radius 3 is 2.16 bits per heavy atom. The van der Waals surface area contributed by atoms with Gasteiger partial charge in [-0.25, -0.2) is 8.42 Å². The Morgan fingerprint density at radius 1 is 0.780 bits per heavy atom. The van der Waals surface area contributed by atoms with Crippen LogP contribution in [0.15, 0.2) is 102 Å². The SMILES string of the molecule is O=C(NC1CCCCC1)[C@@H](Cc1ccccc1)N(Cc1ccc(Cl)c(Cl)c1)C(=O)CN(c1ccc2c(c1)OCCO2)S(=O)(=O)c1ccccc1. The lowest BCUT2D eigenvalue weighted by Crippen LogP contribution is -2.55. The van der Waals surface area contributed by atoms with Crippen molar-refractivity contribution in [3.63, 3.8) is 0 Å². The number of fused-ring (bicyclic) bond motifs is 1. The monoisotopic (exact) mass is 735 g/mol. The normalized spacial score (nSPS) is 15.2. The molecule has 1 atom stereocenters. The molecule has 0 saturated heterocycles. The Balaban J connectivity index is 1.41. The van der Waals surface area contributed by atoms with Gasteiger partial charge in [0.1, 0.15) is 25.8 Å². The van der Waals surface area contributed by atoms with E-state index >= 15 is 0 Å². The Hall–Kier alpha value is -4.25. The van der Waals surface area contributed by atoms with Gasteiger partial charge in [-0.3, -0.25) is 13.9 Å². The summed E-state index contributed by atoms with van der Waals surface area (Å²) in [7, 11) is -4.27. The molecule has 4 aromatic carbocycles. The topological polar surface area (TPSA) is 105 Å². The van der Waals surface area contributed by atoms with Crippen molar-refractivity contribution in [1.82, 2.24) is 10.2 Å². The van der Waals surface area contributed by atoms with Crippen LogP contribution in [0, 0.1) is 0 Å². The Labute approximate surface area is 303 Å². The van der Waals surface area contributed by atoms with Crippen LogP contribution < -0.4 is 19.1 Å². The van der Waals surface area contributed by atoms with Gasteiger partial charge in [0.25, 0.3) is 10.0 Å². The molecule has 2 amide bonds. The van der Waals surface area contributed by atoms with Gasteiger partial charge in [-0.15, -0.1) is 0 Å². The molecule has 0 radical (unpaired) electrons. The fourth-order valence-corrected chi connectivity index (χ4v) is 8.12. The second-order valence-corrected chi connectivity index (χ2v) is 15.1. The van der Waals surface area contributed by atoms with Crippen molar-refractivity contribution in [2.45, 2.75) is 62.0 Å². The van der Waals surface area contributed by atoms with Gasteiger partial charge in [0, 0.05) is 25.1 Å². The number of ether oxygens (including phenoxy) is 2. The molecule has 1 fully saturated rings. The molecule has 12 heteroatoms. The second-order valence-electron chi connectivity index (χ2n) is 12.5. The standard InChI is InChI=1S/C38H39Cl2N3O6S/c39-32-18-16-28(22-33(32)40)25-42(34(23-27-10-4-1-5-11-27)38(45)41-29-12-6-2-7-13-29)37(44)26-43(50(46,47)31-14-8-3-9-15-31)30-17-19-35-36(24-30)49-21-20-48-35/h1,3-5,8-11,14-19,22,24,29,34H,2,6-7,12-13,20-21,23,25-26H2,(H,41,45)/t34-/m1/s1. The zero-order chi connectivity index (χ0) is 35.1. The molecule has 0 unspecified atom stereocenters. The molecule has 4 aromatic rings. The summed E-state index contributed by atoms with van der Waals surface area (Å²) in [6.45, 7) is 0.0492. The molecule has 0 aromatic heterocycles. The highest BCUT2D eigenvalue weighted by molar-refractivity contribution is 7.92. The third kappa shape index (κ3) is 8.54. The molecule has 0 bridgehead atoms. The van der Waals surface area contributed by atoms with Crippen molar-refractivity contribution in [2.75, 3.05) is 24.1 Å². The average Bonchev–Trinajstić information content (AvgIpc) is 3.14. The first-order valence-corrected chi connectivity index (χ1v) is 18.9. The molecular weight excluding hydrogens is 697 g/mol. The Kier molecular flexibility index (Phi) is 11.5. The summed E-state index contributed by atoms with van der Waals surface area (Å²) >= 11 is 12.6. The molecule has 2 aliphatic rings. The predicted octanol–water partition coefficient (Wildman–Crippen LogP) is 7.05. The van der Waals surface area contributed by atoms with Gasteiger partial charge < -0.3 is 19.7 Å². The molecule has 1 heterocycles. The minimum Gasteiger partial charge on any atom is -0.486 e. The van der Waals surface area contributed by atoms with Gasteiger partial charge in [0.2, 0.25) is 11.8 Å². The Bertz CT molecular complexity index is 1910. The van der Waals surface area contributed by atoms with Crippen LogP contribution in [0.3, 0.4) is 0 Å². The molecule has 50 heavy (non-hydrogen) atoms. The van der Waals surface area contributed by atoms with Crippen molar-refractivity contribution in [2.24, 2.45) is 0 Å². The van der Waals surface area contributed by atoms with E-state index in [9.17, 15) is 18.0 Å². The molecule has 1 aliphatic carbocycles. The number of rotatable bonds is 12. The predicted molar refractivity (Wildman–Crippen MR) is 194 cm³/mol. The first kappa shape index (κ1) is 35.6. The van der Waals surface area contributed by atoms with Crippen molar-refractivity contribution in [1.29, 1.82) is 0 Å². The van der Waals surface area contributed by atoms with E-state index in [2.05, 4.69) is 5.32 Å². The van der Waals surface area contributed by atoms with E-state index in [4.69, 9.17) is 32.7 Å². The summed E-state index contributed by atoms with van der Waals surface area (Å²) in [5.74, 6) is -0.0287. The lowest BCUT2D eigenvalue weighted by atomic mass is 9.94. The highest BCUT2D eigenvalue weighted by Crippen LogP contribution is 2.36. The summed E-state index contributed by atoms with van der Waals surface area (Å²) in [5.41, 5.74) is 1.70. The number of carbonyl (C=O) groups is 2. The molecule has 9 nitrogen and oxygen atoms in total. The maximum Gasteiger partial charge on any atom is 0.264 e. The molecule has 1 N–H and O–H groups in total. The van der Waals surface area contributed by atoms with Crippen molar-refractivity contribution in [3.05, 3.63) is 118 Å². The molecular formula is C38H39Cl2N3O6S. The third-order valence-electron chi connectivity index (χ3n) is 8.98. The number of hydrogen-bond acceptors (Lipinski definition) is 6. The smallest absolute Gasteiger partial charge is 0.264 e. The van der Waals surface area contributed by atoms with E-state index in [0.29, 0.717) is 40.3 Å². The number of carbonyl (C=O) groups excluding carboxylic acids is 2. The largest absolute Gasteiger partial charge is 0.486 e. The van der Waals surface area contributed by atoms with Crippen LogP contribution in [0.2, 0.25) is 10.0 Å². The van der Waals surface area contributed by atoms with E-state index in [0.717, 1.165) is 42.0 Å². The maximum atomic E-state index is 14.8. The van der Waals surface area contributed by atoms with E-state index in [1.54, 1.807) is 54.6 Å². The maximum absolute atomic E-state index is 14.8. The fourth-order valence-electron chi connectivity index (χ4n) is 6.37. The highest BCUT2D eigenvalue weighted by Gasteiger charge is 2.36. The molecule has 1 aliphatic heterocycles. The van der Waals surface area contributed by atoms with Crippen LogP contribution in [-0.4, -0.2) is 57.0 Å². The fraction of sp³-hybridized carbons (Fsp3) is 0.316. The number of amides is 2. The number of anilines is 1. The number of hydrogen-bond donors (Lipinski definition) is 1. The van der Waals surface area contributed by atoms with Crippen LogP contribution in [-0.2, 0) is 32.6 Å². The van der Waals surface area contributed by atoms with Crippen LogP contribution >= 0.6 is 23.2 Å². The second kappa shape index (κ2) is 16.2. The summed E-state index contributed by atoms with van der Waals surface area (Å²) in [6, 6.07) is 26.2. The van der Waals surface area contributed by atoms with Crippen LogP contribution in [0.1, 0.15) is 43.2 Å². The van der Waals surface area contributed by atoms with Gasteiger partial charge in [0.15, 0.2) is 11.5 Å². The average molecular weight is 737 g/mol. The summed E-state index contributed by atoms with van der Waals surface area (Å²) < 4.78 is 41.2. The van der Waals surface area contributed by atoms with E-state index in [-0.39, 0.29) is 35.5 Å². The summed E-state index contributed by atoms with van der Waals surface area (Å²) in [4.78, 5) is 30.6. The van der Waals surface area contributed by atoms with E-state index < -0.39 is 28.5 Å². The number of sulfonamides is 1. The van der Waals surface area contributed by atoms with E-state index in [1.165, 1.54) is 17.0 Å². The van der Waals surface area contributed by atoms with E-state index in [1.807, 2.05) is 30.3 Å². The highest BCUT2D eigenvalue weighted by atomic mass is 35.5. The quantitative estimate of drug-likeness (QED) is 0.167. The van der Waals surface area contributed by atoms with Crippen LogP contribution in [0.5, 0.6) is 11.5 Å². The van der Waals surface area contributed by atoms with Gasteiger partial charge in [-0.2, -0.15) is 0 Å². The van der Waals surface area contributed by atoms with Crippen molar-refractivity contribution < 1.29 is 27.5 Å². The third-order valence-corrected chi connectivity index (χ3v) is 11.5. The van der Waals surface area contributed by atoms with Crippen molar-refractivity contribution in [3.8, 4) is 11.5 Å². The lowest BCUT2D eigenvalue weighted by molar-refractivity contribution is -0.140. The molecule has 1 saturated carbocycles. The van der Waals surface area contributed by atoms with Gasteiger partial charge >= 0.3 is 0 Å². The number of nitrogens with one attached hydrogen (secondary N) is 1. The summed E-state index contributed by atoms with van der Waals surface area (Å²) in [5, 5.41) is 3.86. The van der Waals surface area contributed by atoms with Gasteiger partial charge in [-0.05, 0) is 60.4 Å². The number of halogens is 2. The van der Waals surface area contributed by atoms with Crippen molar-refractivity contribution >= 4 is 50.7 Å². The molecule has 6 rings (SSSR count). The number of benzene rings is 4. The minimum absolute atomic E-state index is 0.00889. The van der Waals surface area contributed by atoms with Crippen LogP contribution in [0.4, 0.5) is 5.69 Å². The zero-order valence-corrected chi connectivity index (χ0v) is 29.8. The Morgan fingerprint density at radius 2 is 1.46 bits per heavy atom. The molecule has 262 valence electrons. The summed E-state index contributed by atoms with van der Waals surface area (Å²) in [6.07, 6.45) is 5.08. The van der Waals surface area contributed by atoms with Crippen LogP contribution in [0.25, 0.3) is 0 Å². The first-order valence-electron chi connectivity index (χ1n) is 16.7. The molecule has 0 spiro atoms. The number of nitrogens with zero attached hydrogens (tertiary/aromatic N) is 2.